The summed E-state index contributed by atoms with van der Waals surface area (Å²) >= 11 is 0. The molecule has 1 aromatic heterocycles. The highest BCUT2D eigenvalue weighted by molar-refractivity contribution is 6.03. The normalized spacial score (nSPS) is 26.2. The number of aromatic nitrogens is 1. The van der Waals surface area contributed by atoms with Crippen molar-refractivity contribution in [3.05, 3.63) is 41.5 Å². The van der Waals surface area contributed by atoms with E-state index < -0.39 is 23.3 Å². The van der Waals surface area contributed by atoms with Crippen LogP contribution in [0.15, 0.2) is 24.3 Å². The van der Waals surface area contributed by atoms with Crippen molar-refractivity contribution < 1.29 is 22.7 Å². The molecule has 1 N–H and O–H groups in total. The first kappa shape index (κ1) is 23.5. The Hall–Kier alpha value is -2.85. The zero-order valence-corrected chi connectivity index (χ0v) is 20.4. The van der Waals surface area contributed by atoms with Gasteiger partial charge in [-0.2, -0.15) is 0 Å². The van der Waals surface area contributed by atoms with Gasteiger partial charge in [0.1, 0.15) is 35.7 Å². The maximum Gasteiger partial charge on any atom is 0.261 e. The number of carbonyl (C=O) groups excluding carboxylic acids is 1. The SMILES string of the molecule is CC1(C)C[C@@H](N2CC(F)C2)CN1c1nc(-c2ccccc2F)c(F)c2c1C(=O)N1CCNC[C@@H]1CO2. The summed E-state index contributed by atoms with van der Waals surface area (Å²) in [5.74, 6) is -1.66. The van der Waals surface area contributed by atoms with E-state index in [4.69, 9.17) is 4.74 Å². The van der Waals surface area contributed by atoms with Gasteiger partial charge in [-0.15, -0.1) is 0 Å². The maximum atomic E-state index is 16.0. The number of nitrogens with zero attached hydrogens (tertiary/aromatic N) is 4. The van der Waals surface area contributed by atoms with Crippen LogP contribution in [0.1, 0.15) is 30.6 Å². The molecule has 1 amide bonds. The van der Waals surface area contributed by atoms with E-state index in [1.54, 1.807) is 11.0 Å². The van der Waals surface area contributed by atoms with E-state index in [1.807, 2.05) is 18.7 Å². The van der Waals surface area contributed by atoms with Crippen LogP contribution in [0.2, 0.25) is 0 Å². The van der Waals surface area contributed by atoms with Crippen LogP contribution in [0.25, 0.3) is 11.3 Å². The Labute approximate surface area is 208 Å². The van der Waals surface area contributed by atoms with E-state index in [9.17, 15) is 13.6 Å². The van der Waals surface area contributed by atoms with Crippen LogP contribution in [0.4, 0.5) is 19.0 Å². The molecule has 4 aliphatic heterocycles. The summed E-state index contributed by atoms with van der Waals surface area (Å²) in [7, 11) is 0. The Kier molecular flexibility index (Phi) is 5.64. The number of pyridine rings is 1. The maximum absolute atomic E-state index is 16.0. The van der Waals surface area contributed by atoms with Crippen LogP contribution in [-0.2, 0) is 0 Å². The third-order valence-corrected chi connectivity index (χ3v) is 7.95. The molecular formula is C26H30F3N5O2. The van der Waals surface area contributed by atoms with Gasteiger partial charge >= 0.3 is 0 Å². The van der Waals surface area contributed by atoms with Crippen molar-refractivity contribution in [1.82, 2.24) is 20.1 Å². The molecule has 7 nitrogen and oxygen atoms in total. The van der Waals surface area contributed by atoms with E-state index in [0.29, 0.717) is 45.1 Å². The number of likely N-dealkylation sites (tertiary alicyclic amines) is 1. The van der Waals surface area contributed by atoms with Crippen LogP contribution in [0.5, 0.6) is 5.75 Å². The van der Waals surface area contributed by atoms with Crippen LogP contribution in [0.3, 0.4) is 0 Å². The number of benzene rings is 1. The van der Waals surface area contributed by atoms with E-state index in [0.717, 1.165) is 6.42 Å². The Morgan fingerprint density at radius 1 is 1.14 bits per heavy atom. The van der Waals surface area contributed by atoms with Gasteiger partial charge in [0, 0.05) is 56.4 Å². The third kappa shape index (κ3) is 3.73. The predicted molar refractivity (Wildman–Crippen MR) is 129 cm³/mol. The van der Waals surface area contributed by atoms with Gasteiger partial charge < -0.3 is 19.9 Å². The first-order valence-corrected chi connectivity index (χ1v) is 12.5. The molecule has 2 aromatic rings. The van der Waals surface area contributed by atoms with Gasteiger partial charge in [0.25, 0.3) is 5.91 Å². The fourth-order valence-electron chi connectivity index (χ4n) is 5.97. The van der Waals surface area contributed by atoms with Crippen LogP contribution >= 0.6 is 0 Å². The highest BCUT2D eigenvalue weighted by Gasteiger charge is 2.48. The van der Waals surface area contributed by atoms with E-state index in [1.165, 1.54) is 18.2 Å². The minimum Gasteiger partial charge on any atom is -0.487 e. The van der Waals surface area contributed by atoms with Gasteiger partial charge in [0.15, 0.2) is 11.6 Å². The molecule has 1 aromatic carbocycles. The van der Waals surface area contributed by atoms with Crippen molar-refractivity contribution in [2.24, 2.45) is 0 Å². The monoisotopic (exact) mass is 501 g/mol. The molecule has 5 heterocycles. The van der Waals surface area contributed by atoms with Gasteiger partial charge in [-0.3, -0.25) is 9.69 Å². The lowest BCUT2D eigenvalue weighted by Crippen LogP contribution is -2.55. The second-order valence-electron chi connectivity index (χ2n) is 10.8. The standard InChI is InChI=1S/C26H30F3N5O2/c1-26(2)9-16(32-11-15(27)12-32)13-34(26)24-20-23(36-14-17-10-30-7-8-33(17)25(20)35)21(29)22(31-24)18-5-3-4-6-19(18)28/h3-6,15-17,30H,7-14H2,1-2H3/t16-,17-/m1/s1. The van der Waals surface area contributed by atoms with Crippen molar-refractivity contribution in [1.29, 1.82) is 0 Å². The third-order valence-electron chi connectivity index (χ3n) is 7.95. The number of fused-ring (bicyclic) bond motifs is 2. The molecular weight excluding hydrogens is 471 g/mol. The van der Waals surface area contributed by atoms with E-state index in [2.05, 4.69) is 15.2 Å². The molecule has 2 atom stereocenters. The zero-order valence-electron chi connectivity index (χ0n) is 20.4. The number of anilines is 1. The lowest BCUT2D eigenvalue weighted by Gasteiger charge is -2.39. The molecule has 0 spiro atoms. The lowest BCUT2D eigenvalue weighted by atomic mass is 9.97. The van der Waals surface area contributed by atoms with Crippen LogP contribution in [-0.4, -0.2) is 90.4 Å². The number of piperazine rings is 1. The second kappa shape index (κ2) is 8.62. The fraction of sp³-hybridized carbons (Fsp3) is 0.538. The molecule has 0 bridgehead atoms. The molecule has 10 heteroatoms. The molecule has 192 valence electrons. The quantitative estimate of drug-likeness (QED) is 0.698. The van der Waals surface area contributed by atoms with Crippen molar-refractivity contribution in [2.45, 2.75) is 44.1 Å². The Morgan fingerprint density at radius 3 is 2.67 bits per heavy atom. The smallest absolute Gasteiger partial charge is 0.261 e. The van der Waals surface area contributed by atoms with Gasteiger partial charge in [-0.1, -0.05) is 12.1 Å². The van der Waals surface area contributed by atoms with Gasteiger partial charge in [-0.05, 0) is 32.4 Å². The minimum atomic E-state index is -0.837. The Bertz CT molecular complexity index is 1200. The molecule has 3 saturated heterocycles. The van der Waals surface area contributed by atoms with E-state index in [-0.39, 0.29) is 47.2 Å². The summed E-state index contributed by atoms with van der Waals surface area (Å²) < 4.78 is 50.4. The Morgan fingerprint density at radius 2 is 1.92 bits per heavy atom. The van der Waals surface area contributed by atoms with Crippen molar-refractivity contribution in [3.8, 4) is 17.0 Å². The lowest BCUT2D eigenvalue weighted by molar-refractivity contribution is 0.0324. The molecule has 0 unspecified atom stereocenters. The van der Waals surface area contributed by atoms with Gasteiger partial charge in [-0.25, -0.2) is 18.2 Å². The molecule has 0 saturated carbocycles. The van der Waals surface area contributed by atoms with Crippen molar-refractivity contribution >= 4 is 11.7 Å². The number of hydrogen-bond acceptors (Lipinski definition) is 6. The topological polar surface area (TPSA) is 60.9 Å². The predicted octanol–water partition coefficient (Wildman–Crippen LogP) is 2.84. The number of amides is 1. The average molecular weight is 502 g/mol. The summed E-state index contributed by atoms with van der Waals surface area (Å²) in [6.45, 7) is 7.11. The molecule has 36 heavy (non-hydrogen) atoms. The number of nitrogens with one attached hydrogen (secondary N) is 1. The summed E-state index contributed by atoms with van der Waals surface area (Å²) in [6, 6.07) is 5.71. The van der Waals surface area contributed by atoms with Gasteiger partial charge in [0.05, 0.1) is 6.04 Å². The van der Waals surface area contributed by atoms with E-state index >= 15 is 4.39 Å². The number of alkyl halides is 1. The first-order valence-electron chi connectivity index (χ1n) is 12.5. The van der Waals surface area contributed by atoms with Crippen LogP contribution in [0, 0.1) is 11.6 Å². The molecule has 0 radical (unpaired) electrons. The number of halogens is 3. The fourth-order valence-corrected chi connectivity index (χ4v) is 5.97. The minimum absolute atomic E-state index is 0.00954. The summed E-state index contributed by atoms with van der Waals surface area (Å²) in [5.41, 5.74) is -0.542. The van der Waals surface area contributed by atoms with Crippen molar-refractivity contribution in [2.75, 3.05) is 50.8 Å². The zero-order chi connectivity index (χ0) is 25.2. The highest BCUT2D eigenvalue weighted by atomic mass is 19.1. The van der Waals surface area contributed by atoms with Crippen molar-refractivity contribution in [3.63, 3.8) is 0 Å². The first-order chi connectivity index (χ1) is 17.2. The molecule has 4 aliphatic rings. The number of ether oxygens (including phenoxy) is 1. The molecule has 3 fully saturated rings. The van der Waals surface area contributed by atoms with Gasteiger partial charge in [0.2, 0.25) is 0 Å². The number of rotatable bonds is 3. The molecule has 6 rings (SSSR count). The number of hydrogen-bond donors (Lipinski definition) is 1. The average Bonchev–Trinajstić information content (AvgIpc) is 3.06. The Balaban J connectivity index is 1.51. The second-order valence-corrected chi connectivity index (χ2v) is 10.8. The number of carbonyl (C=O) groups is 1. The summed E-state index contributed by atoms with van der Waals surface area (Å²) in [5, 5.41) is 3.26. The van der Waals surface area contributed by atoms with Crippen LogP contribution < -0.4 is 15.0 Å². The highest BCUT2D eigenvalue weighted by Crippen LogP contribution is 2.44. The summed E-state index contributed by atoms with van der Waals surface area (Å²) in [6.07, 6.45) is -0.0943. The summed E-state index contributed by atoms with van der Waals surface area (Å²) in [4.78, 5) is 24.4. The molecule has 0 aliphatic carbocycles. The largest absolute Gasteiger partial charge is 0.487 e.